The Hall–Kier alpha value is -3.15. The number of rotatable bonds is 45. The topological polar surface area (TPSA) is 78.9 Å². The molecule has 0 rings (SSSR count). The van der Waals surface area contributed by atoms with E-state index in [0.29, 0.717) is 19.3 Å². The highest BCUT2D eigenvalue weighted by atomic mass is 16.6. The van der Waals surface area contributed by atoms with E-state index in [2.05, 4.69) is 93.7 Å². The smallest absolute Gasteiger partial charge is 0.306 e. The van der Waals surface area contributed by atoms with Crippen molar-refractivity contribution in [3.8, 4) is 0 Å². The number of hydrogen-bond acceptors (Lipinski definition) is 6. The highest BCUT2D eigenvalue weighted by Gasteiger charge is 2.19. The number of ether oxygens (including phenoxy) is 3. The van der Waals surface area contributed by atoms with Crippen molar-refractivity contribution in [1.29, 1.82) is 0 Å². The van der Waals surface area contributed by atoms with Gasteiger partial charge in [-0.25, -0.2) is 0 Å². The molecule has 6 nitrogen and oxygen atoms in total. The van der Waals surface area contributed by atoms with Crippen LogP contribution in [-0.4, -0.2) is 37.2 Å². The molecule has 0 aromatic heterocycles. The quantitative estimate of drug-likeness (QED) is 0.0200. The predicted octanol–water partition coefficient (Wildman–Crippen LogP) is 16.6. The monoisotopic (exact) mass is 851 g/mol. The molecule has 0 aromatic carbocycles. The molecule has 1 unspecified atom stereocenters. The van der Waals surface area contributed by atoms with Crippen LogP contribution in [0.1, 0.15) is 239 Å². The second-order valence-corrected chi connectivity index (χ2v) is 16.8. The predicted molar refractivity (Wildman–Crippen MR) is 261 cm³/mol. The Morgan fingerprint density at radius 2 is 0.656 bits per heavy atom. The summed E-state index contributed by atoms with van der Waals surface area (Å²) >= 11 is 0. The fourth-order valence-electron chi connectivity index (χ4n) is 6.90. The van der Waals surface area contributed by atoms with Gasteiger partial charge in [-0.05, 0) is 89.9 Å². The van der Waals surface area contributed by atoms with Gasteiger partial charge in [0.15, 0.2) is 6.10 Å². The lowest BCUT2D eigenvalue weighted by Crippen LogP contribution is -2.30. The molecular formula is C55H94O6. The summed E-state index contributed by atoms with van der Waals surface area (Å²) in [5.74, 6) is -0.930. The average molecular weight is 851 g/mol. The molecule has 0 aromatic rings. The standard InChI is InChI=1S/C55H94O6/c1-4-7-10-13-16-19-22-25-27-30-33-36-39-42-45-48-54(57)60-51-52(50-59-53(56)47-44-41-38-35-32-29-24-21-18-15-12-9-6-3)61-55(58)49-46-43-40-37-34-31-28-26-23-20-17-14-11-8-5-2/h7,10,13,16-17,19-20,22-23,26,29,32,52H,4-6,8-9,11-12,14-15,18,21,24-25,27-28,30-31,33-51H2,1-3H3/b10-7-,16-13-,20-17-,22-19-,26-23-,32-29-. The van der Waals surface area contributed by atoms with E-state index >= 15 is 0 Å². The maximum atomic E-state index is 12.8. The third-order valence-corrected chi connectivity index (χ3v) is 10.8. The molecule has 0 saturated carbocycles. The number of unbranched alkanes of at least 4 members (excludes halogenated alkanes) is 25. The van der Waals surface area contributed by atoms with Crippen LogP contribution in [0.2, 0.25) is 0 Å². The first-order chi connectivity index (χ1) is 30.0. The molecule has 0 fully saturated rings. The van der Waals surface area contributed by atoms with Gasteiger partial charge in [0.1, 0.15) is 13.2 Å². The molecule has 0 bridgehead atoms. The molecule has 6 heteroatoms. The van der Waals surface area contributed by atoms with Gasteiger partial charge in [-0.1, -0.05) is 203 Å². The fraction of sp³-hybridized carbons (Fsp3) is 0.727. The highest BCUT2D eigenvalue weighted by Crippen LogP contribution is 2.14. The third kappa shape index (κ3) is 47.7. The number of allylic oxidation sites excluding steroid dienone is 12. The molecule has 1 atom stereocenters. The molecule has 0 amide bonds. The Labute approximate surface area is 376 Å². The number of carbonyl (C=O) groups excluding carboxylic acids is 3. The highest BCUT2D eigenvalue weighted by molar-refractivity contribution is 5.71. The van der Waals surface area contributed by atoms with Crippen LogP contribution >= 0.6 is 0 Å². The molecule has 61 heavy (non-hydrogen) atoms. The molecule has 350 valence electrons. The average Bonchev–Trinajstić information content (AvgIpc) is 3.26. The van der Waals surface area contributed by atoms with E-state index in [1.807, 2.05) is 0 Å². The zero-order valence-electron chi connectivity index (χ0n) is 39.9. The Morgan fingerprint density at radius 1 is 0.344 bits per heavy atom. The molecule has 0 N–H and O–H groups in total. The van der Waals surface area contributed by atoms with Crippen LogP contribution in [0.5, 0.6) is 0 Å². The van der Waals surface area contributed by atoms with Gasteiger partial charge in [0.2, 0.25) is 0 Å². The van der Waals surface area contributed by atoms with Crippen LogP contribution in [0.15, 0.2) is 72.9 Å². The van der Waals surface area contributed by atoms with E-state index in [1.54, 1.807) is 0 Å². The first-order valence-electron chi connectivity index (χ1n) is 25.5. The largest absolute Gasteiger partial charge is 0.462 e. The van der Waals surface area contributed by atoms with Crippen molar-refractivity contribution in [3.05, 3.63) is 72.9 Å². The zero-order valence-corrected chi connectivity index (χ0v) is 39.9. The molecule has 0 aliphatic rings. The second kappa shape index (κ2) is 49.5. The molecule has 0 radical (unpaired) electrons. The first kappa shape index (κ1) is 57.9. The Kier molecular flexibility index (Phi) is 46.9. The molecule has 0 heterocycles. The van der Waals surface area contributed by atoms with Crippen LogP contribution in [0.25, 0.3) is 0 Å². The molecule has 0 spiro atoms. The van der Waals surface area contributed by atoms with Gasteiger partial charge in [-0.2, -0.15) is 0 Å². The maximum Gasteiger partial charge on any atom is 0.306 e. The molecule has 0 aliphatic carbocycles. The fourth-order valence-corrected chi connectivity index (χ4v) is 6.90. The van der Waals surface area contributed by atoms with Crippen molar-refractivity contribution in [1.82, 2.24) is 0 Å². The minimum absolute atomic E-state index is 0.0916. The van der Waals surface area contributed by atoms with Crippen molar-refractivity contribution >= 4 is 17.9 Å². The lowest BCUT2D eigenvalue weighted by molar-refractivity contribution is -0.167. The second-order valence-electron chi connectivity index (χ2n) is 16.8. The van der Waals surface area contributed by atoms with Crippen LogP contribution in [0, 0.1) is 0 Å². The van der Waals surface area contributed by atoms with Crippen LogP contribution in [0.3, 0.4) is 0 Å². The Balaban J connectivity index is 4.44. The van der Waals surface area contributed by atoms with Gasteiger partial charge in [0.05, 0.1) is 0 Å². The van der Waals surface area contributed by atoms with Gasteiger partial charge < -0.3 is 14.2 Å². The van der Waals surface area contributed by atoms with Crippen molar-refractivity contribution < 1.29 is 28.6 Å². The number of hydrogen-bond donors (Lipinski definition) is 0. The molecule has 0 aliphatic heterocycles. The summed E-state index contributed by atoms with van der Waals surface area (Å²) in [4.78, 5) is 37.9. The lowest BCUT2D eigenvalue weighted by atomic mass is 10.1. The summed E-state index contributed by atoms with van der Waals surface area (Å²) in [5.41, 5.74) is 0. The van der Waals surface area contributed by atoms with E-state index < -0.39 is 6.10 Å². The molecule has 0 saturated heterocycles. The summed E-state index contributed by atoms with van der Waals surface area (Å²) in [7, 11) is 0. The maximum absolute atomic E-state index is 12.8. The summed E-state index contributed by atoms with van der Waals surface area (Å²) in [5, 5.41) is 0. The minimum atomic E-state index is -0.791. The summed E-state index contributed by atoms with van der Waals surface area (Å²) in [6.07, 6.45) is 61.6. The minimum Gasteiger partial charge on any atom is -0.462 e. The van der Waals surface area contributed by atoms with E-state index in [1.165, 1.54) is 103 Å². The number of carbonyl (C=O) groups is 3. The zero-order chi connectivity index (χ0) is 44.4. The van der Waals surface area contributed by atoms with Gasteiger partial charge in [0.25, 0.3) is 0 Å². The van der Waals surface area contributed by atoms with E-state index in [9.17, 15) is 14.4 Å². The van der Waals surface area contributed by atoms with Gasteiger partial charge in [0, 0.05) is 19.3 Å². The van der Waals surface area contributed by atoms with Crippen molar-refractivity contribution in [2.45, 2.75) is 245 Å². The van der Waals surface area contributed by atoms with E-state index in [-0.39, 0.29) is 31.1 Å². The SMILES string of the molecule is CC\C=C/C=C\C=C/CCCCCCCCCC(=O)OCC(COC(=O)CCCCC/C=C\CCCCCCCC)OC(=O)CCCCCCCC/C=C\C=C/CCCCC. The van der Waals surface area contributed by atoms with Gasteiger partial charge in [-0.3, -0.25) is 14.4 Å². The molecular weight excluding hydrogens is 757 g/mol. The number of esters is 3. The van der Waals surface area contributed by atoms with Crippen molar-refractivity contribution in [2.75, 3.05) is 13.2 Å². The van der Waals surface area contributed by atoms with Crippen LogP contribution in [0.4, 0.5) is 0 Å². The van der Waals surface area contributed by atoms with E-state index in [0.717, 1.165) is 96.3 Å². The summed E-state index contributed by atoms with van der Waals surface area (Å²) in [6, 6.07) is 0. The van der Waals surface area contributed by atoms with Crippen molar-refractivity contribution in [2.24, 2.45) is 0 Å². The van der Waals surface area contributed by atoms with E-state index in [4.69, 9.17) is 14.2 Å². The lowest BCUT2D eigenvalue weighted by Gasteiger charge is -2.18. The third-order valence-electron chi connectivity index (χ3n) is 10.8. The van der Waals surface area contributed by atoms with Crippen molar-refractivity contribution in [3.63, 3.8) is 0 Å². The Morgan fingerprint density at radius 3 is 1.10 bits per heavy atom. The summed E-state index contributed by atoms with van der Waals surface area (Å²) in [6.45, 7) is 6.43. The first-order valence-corrected chi connectivity index (χ1v) is 25.5. The van der Waals surface area contributed by atoms with Gasteiger partial charge in [-0.15, -0.1) is 0 Å². The van der Waals surface area contributed by atoms with Gasteiger partial charge >= 0.3 is 17.9 Å². The summed E-state index contributed by atoms with van der Waals surface area (Å²) < 4.78 is 16.8. The normalized spacial score (nSPS) is 12.6. The van der Waals surface area contributed by atoms with Crippen LogP contribution in [-0.2, 0) is 28.6 Å². The Bertz CT molecular complexity index is 1160. The van der Waals surface area contributed by atoms with Crippen LogP contribution < -0.4 is 0 Å².